The van der Waals surface area contributed by atoms with E-state index in [-0.39, 0.29) is 5.56 Å². The van der Waals surface area contributed by atoms with E-state index in [4.69, 9.17) is 5.26 Å². The average Bonchev–Trinajstić information content (AvgIpc) is 2.38. The fourth-order valence-electron chi connectivity index (χ4n) is 1.74. The lowest BCUT2D eigenvalue weighted by atomic mass is 10.1. The summed E-state index contributed by atoms with van der Waals surface area (Å²) in [5.41, 5.74) is 0.963. The number of para-hydroxylation sites is 1. The van der Waals surface area contributed by atoms with Crippen LogP contribution in [0.25, 0.3) is 0 Å². The second-order valence-corrected chi connectivity index (χ2v) is 3.78. The minimum Gasteiger partial charge on any atom is -0.341 e. The molecule has 0 unspecified atom stereocenters. The van der Waals surface area contributed by atoms with Gasteiger partial charge in [-0.2, -0.15) is 5.26 Å². The molecular formula is C14H10F2N2. The van der Waals surface area contributed by atoms with Gasteiger partial charge in [-0.25, -0.2) is 8.78 Å². The van der Waals surface area contributed by atoms with E-state index in [9.17, 15) is 8.78 Å². The molecule has 0 fully saturated rings. The predicted octanol–water partition coefficient (Wildman–Crippen LogP) is 3.60. The lowest BCUT2D eigenvalue weighted by Crippen LogP contribution is -2.12. The highest BCUT2D eigenvalue weighted by atomic mass is 19.1. The van der Waals surface area contributed by atoms with Gasteiger partial charge in [0.25, 0.3) is 0 Å². The molecule has 18 heavy (non-hydrogen) atoms. The number of anilines is 2. The van der Waals surface area contributed by atoms with Crippen molar-refractivity contribution in [3.63, 3.8) is 0 Å². The van der Waals surface area contributed by atoms with Crippen molar-refractivity contribution < 1.29 is 8.78 Å². The summed E-state index contributed by atoms with van der Waals surface area (Å²) in [4.78, 5) is 1.52. The van der Waals surface area contributed by atoms with Gasteiger partial charge in [0.2, 0.25) is 0 Å². The summed E-state index contributed by atoms with van der Waals surface area (Å²) in [5.74, 6) is -0.884. The Labute approximate surface area is 104 Å². The van der Waals surface area contributed by atoms with Gasteiger partial charge in [-0.1, -0.05) is 12.1 Å². The molecule has 0 saturated heterocycles. The van der Waals surface area contributed by atoms with Crippen molar-refractivity contribution in [1.82, 2.24) is 0 Å². The van der Waals surface area contributed by atoms with Crippen molar-refractivity contribution in [1.29, 1.82) is 5.26 Å². The molecule has 0 N–H and O–H groups in total. The second kappa shape index (κ2) is 4.84. The molecule has 0 radical (unpaired) electrons. The van der Waals surface area contributed by atoms with E-state index in [0.29, 0.717) is 11.4 Å². The lowest BCUT2D eigenvalue weighted by Gasteiger charge is -2.21. The Morgan fingerprint density at radius 2 is 1.78 bits per heavy atom. The number of nitrogens with zero attached hydrogens (tertiary/aromatic N) is 2. The Morgan fingerprint density at radius 3 is 2.44 bits per heavy atom. The Morgan fingerprint density at radius 1 is 1.06 bits per heavy atom. The van der Waals surface area contributed by atoms with Crippen LogP contribution in [0.5, 0.6) is 0 Å². The molecule has 0 aliphatic rings. The third-order valence-corrected chi connectivity index (χ3v) is 2.65. The maximum absolute atomic E-state index is 13.6. The summed E-state index contributed by atoms with van der Waals surface area (Å²) in [5, 5.41) is 8.97. The van der Waals surface area contributed by atoms with Crippen LogP contribution in [0.2, 0.25) is 0 Å². The molecule has 0 aliphatic heterocycles. The van der Waals surface area contributed by atoms with Crippen molar-refractivity contribution in [3.8, 4) is 6.07 Å². The molecule has 2 aromatic rings. The monoisotopic (exact) mass is 244 g/mol. The summed E-state index contributed by atoms with van der Waals surface area (Å²) in [7, 11) is 1.63. The molecule has 0 bridgehead atoms. The summed E-state index contributed by atoms with van der Waals surface area (Å²) in [6, 6.07) is 12.0. The Hall–Kier alpha value is -2.41. The highest BCUT2D eigenvalue weighted by molar-refractivity contribution is 5.68. The number of halogens is 2. The molecular weight excluding hydrogens is 234 g/mol. The number of hydrogen-bond donors (Lipinski definition) is 0. The zero-order chi connectivity index (χ0) is 13.1. The van der Waals surface area contributed by atoms with Crippen molar-refractivity contribution in [2.24, 2.45) is 0 Å². The zero-order valence-electron chi connectivity index (χ0n) is 9.69. The van der Waals surface area contributed by atoms with E-state index < -0.39 is 11.6 Å². The maximum atomic E-state index is 13.6. The largest absolute Gasteiger partial charge is 0.341 e. The maximum Gasteiger partial charge on any atom is 0.146 e. The predicted molar refractivity (Wildman–Crippen MR) is 65.6 cm³/mol. The topological polar surface area (TPSA) is 27.0 Å². The summed E-state index contributed by atoms with van der Waals surface area (Å²) < 4.78 is 26.7. The fraction of sp³-hybridized carbons (Fsp3) is 0.0714. The van der Waals surface area contributed by atoms with Crippen LogP contribution in [-0.2, 0) is 0 Å². The first-order valence-corrected chi connectivity index (χ1v) is 5.31. The van der Waals surface area contributed by atoms with Crippen LogP contribution in [-0.4, -0.2) is 7.05 Å². The Kier molecular flexibility index (Phi) is 3.24. The minimum absolute atomic E-state index is 0.167. The first-order valence-electron chi connectivity index (χ1n) is 5.31. The highest BCUT2D eigenvalue weighted by Crippen LogP contribution is 2.28. The first-order chi connectivity index (χ1) is 8.63. The molecule has 0 amide bonds. The van der Waals surface area contributed by atoms with Gasteiger partial charge < -0.3 is 4.90 Å². The number of rotatable bonds is 2. The van der Waals surface area contributed by atoms with Crippen LogP contribution in [0.15, 0.2) is 42.5 Å². The summed E-state index contributed by atoms with van der Waals surface area (Å²) in [6.07, 6.45) is 0. The van der Waals surface area contributed by atoms with Crippen LogP contribution >= 0.6 is 0 Å². The van der Waals surface area contributed by atoms with Crippen LogP contribution < -0.4 is 4.90 Å². The molecule has 90 valence electrons. The van der Waals surface area contributed by atoms with Gasteiger partial charge in [-0.3, -0.25) is 0 Å². The van der Waals surface area contributed by atoms with Gasteiger partial charge in [-0.15, -0.1) is 0 Å². The van der Waals surface area contributed by atoms with E-state index in [1.807, 2.05) is 6.07 Å². The Bertz CT molecular complexity index is 617. The molecule has 0 aromatic heterocycles. The van der Waals surface area contributed by atoms with E-state index in [0.717, 1.165) is 6.07 Å². The normalized spacial score (nSPS) is 9.89. The molecule has 4 heteroatoms. The zero-order valence-corrected chi connectivity index (χ0v) is 9.69. The first kappa shape index (κ1) is 12.1. The van der Waals surface area contributed by atoms with Crippen molar-refractivity contribution in [2.75, 3.05) is 11.9 Å². The number of nitriles is 1. The highest BCUT2D eigenvalue weighted by Gasteiger charge is 2.13. The fourth-order valence-corrected chi connectivity index (χ4v) is 1.74. The third kappa shape index (κ3) is 2.16. The quantitative estimate of drug-likeness (QED) is 0.807. The Balaban J connectivity index is 2.50. The van der Waals surface area contributed by atoms with Crippen LogP contribution in [0.4, 0.5) is 20.2 Å². The van der Waals surface area contributed by atoms with Gasteiger partial charge in [0.1, 0.15) is 17.7 Å². The van der Waals surface area contributed by atoms with Gasteiger partial charge in [0, 0.05) is 7.05 Å². The van der Waals surface area contributed by atoms with Crippen LogP contribution in [0.3, 0.4) is 0 Å². The van der Waals surface area contributed by atoms with Crippen LogP contribution in [0, 0.1) is 23.0 Å². The summed E-state index contributed by atoms with van der Waals surface area (Å²) >= 11 is 0. The molecule has 2 nitrogen and oxygen atoms in total. The van der Waals surface area contributed by atoms with Crippen molar-refractivity contribution >= 4 is 11.4 Å². The molecule has 0 heterocycles. The van der Waals surface area contributed by atoms with Gasteiger partial charge in [-0.05, 0) is 30.3 Å². The summed E-state index contributed by atoms with van der Waals surface area (Å²) in [6.45, 7) is 0. The van der Waals surface area contributed by atoms with E-state index in [1.165, 1.54) is 23.1 Å². The van der Waals surface area contributed by atoms with Crippen LogP contribution in [0.1, 0.15) is 5.56 Å². The molecule has 2 aromatic carbocycles. The molecule has 0 atom stereocenters. The van der Waals surface area contributed by atoms with Crippen molar-refractivity contribution in [2.45, 2.75) is 0 Å². The van der Waals surface area contributed by atoms with E-state index in [2.05, 4.69) is 0 Å². The van der Waals surface area contributed by atoms with E-state index >= 15 is 0 Å². The minimum atomic E-state index is -0.489. The standard InChI is InChI=1S/C14H10F2N2/c1-18(14-5-3-2-4-12(14)16)13-7-6-11(15)8-10(13)9-17/h2-8H,1H3. The molecule has 2 rings (SSSR count). The third-order valence-electron chi connectivity index (χ3n) is 2.65. The number of hydrogen-bond acceptors (Lipinski definition) is 2. The molecule has 0 spiro atoms. The van der Waals surface area contributed by atoms with Crippen molar-refractivity contribution in [3.05, 3.63) is 59.7 Å². The smallest absolute Gasteiger partial charge is 0.146 e. The number of benzene rings is 2. The van der Waals surface area contributed by atoms with Gasteiger partial charge in [0.05, 0.1) is 16.9 Å². The SMILES string of the molecule is CN(c1ccccc1F)c1ccc(F)cc1C#N. The van der Waals surface area contributed by atoms with Gasteiger partial charge in [0.15, 0.2) is 0 Å². The molecule has 0 aliphatic carbocycles. The van der Waals surface area contributed by atoms with E-state index in [1.54, 1.807) is 25.2 Å². The second-order valence-electron chi connectivity index (χ2n) is 3.78. The van der Waals surface area contributed by atoms with Gasteiger partial charge >= 0.3 is 0 Å². The lowest BCUT2D eigenvalue weighted by molar-refractivity contribution is 0.625. The molecule has 0 saturated carbocycles. The average molecular weight is 244 g/mol.